The van der Waals surface area contributed by atoms with Gasteiger partial charge < -0.3 is 10.4 Å². The Hall–Kier alpha value is -1.43. The zero-order valence-electron chi connectivity index (χ0n) is 11.2. The molecule has 6 heteroatoms. The summed E-state index contributed by atoms with van der Waals surface area (Å²) in [5.41, 5.74) is 1.14. The summed E-state index contributed by atoms with van der Waals surface area (Å²) in [6.45, 7) is 0. The molecular formula is C14H18N2O3S. The van der Waals surface area contributed by atoms with Gasteiger partial charge in [-0.25, -0.2) is 4.98 Å². The van der Waals surface area contributed by atoms with E-state index in [1.807, 2.05) is 0 Å². The highest BCUT2D eigenvalue weighted by atomic mass is 32.1. The summed E-state index contributed by atoms with van der Waals surface area (Å²) in [7, 11) is 0. The molecule has 0 bridgehead atoms. The van der Waals surface area contributed by atoms with E-state index in [1.54, 1.807) is 11.3 Å². The molecule has 0 aromatic carbocycles. The number of aliphatic carboxylic acids is 1. The molecule has 0 atom stereocenters. The molecule has 108 valence electrons. The van der Waals surface area contributed by atoms with E-state index in [1.165, 1.54) is 11.3 Å². The smallest absolute Gasteiger partial charge is 0.306 e. The topological polar surface area (TPSA) is 79.3 Å². The van der Waals surface area contributed by atoms with Crippen molar-refractivity contribution in [2.24, 2.45) is 11.8 Å². The van der Waals surface area contributed by atoms with E-state index in [4.69, 9.17) is 5.11 Å². The Balaban J connectivity index is 1.55. The van der Waals surface area contributed by atoms with E-state index < -0.39 is 5.97 Å². The number of rotatable bonds is 3. The number of hydrogen-bond acceptors (Lipinski definition) is 4. The Bertz CT molecular complexity index is 511. The summed E-state index contributed by atoms with van der Waals surface area (Å²) in [6.07, 6.45) is 5.78. The number of carbonyl (C=O) groups excluding carboxylic acids is 1. The van der Waals surface area contributed by atoms with Crippen molar-refractivity contribution in [3.8, 4) is 0 Å². The van der Waals surface area contributed by atoms with Crippen molar-refractivity contribution in [2.75, 3.05) is 5.32 Å². The normalized spacial score (nSPS) is 25.2. The predicted molar refractivity (Wildman–Crippen MR) is 75.9 cm³/mol. The van der Waals surface area contributed by atoms with Crippen molar-refractivity contribution in [2.45, 2.75) is 44.9 Å². The lowest BCUT2D eigenvalue weighted by molar-refractivity contribution is -0.143. The Kier molecular flexibility index (Phi) is 3.74. The zero-order chi connectivity index (χ0) is 14.1. The number of aromatic nitrogens is 1. The molecule has 5 nitrogen and oxygen atoms in total. The molecule has 1 aromatic rings. The van der Waals surface area contributed by atoms with Gasteiger partial charge in [0, 0.05) is 10.8 Å². The summed E-state index contributed by atoms with van der Waals surface area (Å²) < 4.78 is 0. The molecule has 20 heavy (non-hydrogen) atoms. The van der Waals surface area contributed by atoms with Gasteiger partial charge in [-0.1, -0.05) is 0 Å². The van der Waals surface area contributed by atoms with Gasteiger partial charge in [0.05, 0.1) is 11.6 Å². The zero-order valence-corrected chi connectivity index (χ0v) is 12.0. The van der Waals surface area contributed by atoms with Crippen LogP contribution in [0.1, 0.15) is 42.7 Å². The molecule has 0 saturated heterocycles. The first kappa shape index (κ1) is 13.5. The highest BCUT2D eigenvalue weighted by molar-refractivity contribution is 7.15. The van der Waals surface area contributed by atoms with E-state index in [0.717, 1.165) is 18.5 Å². The number of carbonyl (C=O) groups is 2. The van der Waals surface area contributed by atoms with Gasteiger partial charge in [0.2, 0.25) is 5.91 Å². The van der Waals surface area contributed by atoms with Crippen LogP contribution in [0.15, 0.2) is 0 Å². The fourth-order valence-electron chi connectivity index (χ4n) is 3.05. The van der Waals surface area contributed by atoms with Crippen LogP contribution < -0.4 is 5.32 Å². The molecule has 1 amide bonds. The van der Waals surface area contributed by atoms with Gasteiger partial charge in [-0.3, -0.25) is 9.59 Å². The third-order valence-electron chi connectivity index (χ3n) is 4.27. The van der Waals surface area contributed by atoms with Gasteiger partial charge in [-0.15, -0.1) is 11.3 Å². The van der Waals surface area contributed by atoms with Crippen molar-refractivity contribution in [1.82, 2.24) is 4.98 Å². The van der Waals surface area contributed by atoms with Crippen LogP contribution in [0.5, 0.6) is 0 Å². The number of fused-ring (bicyclic) bond motifs is 1. The fourth-order valence-corrected chi connectivity index (χ4v) is 4.11. The first-order valence-corrected chi connectivity index (χ1v) is 7.97. The molecule has 1 heterocycles. The molecular weight excluding hydrogens is 276 g/mol. The van der Waals surface area contributed by atoms with Crippen LogP contribution in [-0.2, 0) is 22.4 Å². The third kappa shape index (κ3) is 2.70. The first-order chi connectivity index (χ1) is 9.63. The molecule has 1 aromatic heterocycles. The highest BCUT2D eigenvalue weighted by Gasteiger charge is 2.30. The molecule has 0 unspecified atom stereocenters. The van der Waals surface area contributed by atoms with Crippen LogP contribution in [0.4, 0.5) is 5.13 Å². The predicted octanol–water partition coefficient (Wildman–Crippen LogP) is 2.46. The molecule has 0 radical (unpaired) electrons. The maximum Gasteiger partial charge on any atom is 0.306 e. The van der Waals surface area contributed by atoms with Crippen molar-refractivity contribution < 1.29 is 14.7 Å². The Morgan fingerprint density at radius 2 is 1.85 bits per heavy atom. The van der Waals surface area contributed by atoms with Crippen LogP contribution in [0.3, 0.4) is 0 Å². The molecule has 0 spiro atoms. The summed E-state index contributed by atoms with van der Waals surface area (Å²) in [5.74, 6) is -1.08. The maximum absolute atomic E-state index is 12.2. The van der Waals surface area contributed by atoms with Crippen LogP contribution >= 0.6 is 11.3 Å². The molecule has 1 fully saturated rings. The maximum atomic E-state index is 12.2. The Morgan fingerprint density at radius 3 is 2.50 bits per heavy atom. The second kappa shape index (κ2) is 5.52. The number of aryl methyl sites for hydroxylation is 2. The van der Waals surface area contributed by atoms with Crippen LogP contribution in [0.25, 0.3) is 0 Å². The Labute approximate surface area is 121 Å². The van der Waals surface area contributed by atoms with Crippen molar-refractivity contribution >= 4 is 28.3 Å². The van der Waals surface area contributed by atoms with Gasteiger partial charge in [0.1, 0.15) is 0 Å². The van der Waals surface area contributed by atoms with E-state index in [9.17, 15) is 9.59 Å². The second-order valence-corrected chi connectivity index (χ2v) is 6.70. The van der Waals surface area contributed by atoms with Gasteiger partial charge in [-0.05, 0) is 44.9 Å². The number of carboxylic acids is 1. The SMILES string of the molecule is O=C(O)C1CCC(C(=O)Nc2nc3c(s2)CCC3)CC1. The number of hydrogen-bond donors (Lipinski definition) is 2. The lowest BCUT2D eigenvalue weighted by Gasteiger charge is -2.24. The number of nitrogens with one attached hydrogen (secondary N) is 1. The van der Waals surface area contributed by atoms with Gasteiger partial charge in [0.15, 0.2) is 5.13 Å². The van der Waals surface area contributed by atoms with E-state index in [-0.39, 0.29) is 17.7 Å². The minimum absolute atomic E-state index is 0.00117. The number of carboxylic acid groups (broad SMARTS) is 1. The summed E-state index contributed by atoms with van der Waals surface area (Å²) in [4.78, 5) is 28.8. The average Bonchev–Trinajstić information content (AvgIpc) is 2.99. The van der Waals surface area contributed by atoms with Gasteiger partial charge >= 0.3 is 5.97 Å². The van der Waals surface area contributed by atoms with Crippen LogP contribution in [0.2, 0.25) is 0 Å². The number of amides is 1. The standard InChI is InChI=1S/C14H18N2O3S/c17-12(8-4-6-9(7-5-8)13(18)19)16-14-15-10-2-1-3-11(10)20-14/h8-9H,1-7H2,(H,18,19)(H,15,16,17). The van der Waals surface area contributed by atoms with Crippen molar-refractivity contribution in [3.05, 3.63) is 10.6 Å². The van der Waals surface area contributed by atoms with Crippen LogP contribution in [-0.4, -0.2) is 22.0 Å². The Morgan fingerprint density at radius 1 is 1.15 bits per heavy atom. The summed E-state index contributed by atoms with van der Waals surface area (Å²) in [5, 5.41) is 12.6. The number of nitrogens with zero attached hydrogens (tertiary/aromatic N) is 1. The first-order valence-electron chi connectivity index (χ1n) is 7.15. The molecule has 3 rings (SSSR count). The number of anilines is 1. The highest BCUT2D eigenvalue weighted by Crippen LogP contribution is 2.33. The molecule has 2 N–H and O–H groups in total. The lowest BCUT2D eigenvalue weighted by atomic mass is 9.81. The third-order valence-corrected chi connectivity index (χ3v) is 5.35. The fraction of sp³-hybridized carbons (Fsp3) is 0.643. The molecule has 2 aliphatic carbocycles. The van der Waals surface area contributed by atoms with Gasteiger partial charge in [-0.2, -0.15) is 0 Å². The van der Waals surface area contributed by atoms with Gasteiger partial charge in [0.25, 0.3) is 0 Å². The molecule has 2 aliphatic rings. The monoisotopic (exact) mass is 294 g/mol. The summed E-state index contributed by atoms with van der Waals surface area (Å²) in [6, 6.07) is 0. The average molecular weight is 294 g/mol. The van der Waals surface area contributed by atoms with Crippen molar-refractivity contribution in [1.29, 1.82) is 0 Å². The summed E-state index contributed by atoms with van der Waals surface area (Å²) >= 11 is 1.58. The minimum atomic E-state index is -0.736. The van der Waals surface area contributed by atoms with Crippen molar-refractivity contribution in [3.63, 3.8) is 0 Å². The van der Waals surface area contributed by atoms with E-state index in [2.05, 4.69) is 10.3 Å². The van der Waals surface area contributed by atoms with E-state index in [0.29, 0.717) is 30.8 Å². The van der Waals surface area contributed by atoms with E-state index >= 15 is 0 Å². The molecule has 0 aliphatic heterocycles. The minimum Gasteiger partial charge on any atom is -0.481 e. The largest absolute Gasteiger partial charge is 0.481 e. The quantitative estimate of drug-likeness (QED) is 0.897. The lowest BCUT2D eigenvalue weighted by Crippen LogP contribution is -2.29. The number of thiazole rings is 1. The second-order valence-electron chi connectivity index (χ2n) is 5.62. The van der Waals surface area contributed by atoms with Crippen LogP contribution in [0, 0.1) is 11.8 Å². The molecule has 1 saturated carbocycles.